The zero-order valence-electron chi connectivity index (χ0n) is 9.88. The summed E-state index contributed by atoms with van der Waals surface area (Å²) in [5.41, 5.74) is 6.82. The van der Waals surface area contributed by atoms with Crippen molar-refractivity contribution in [2.45, 2.75) is 37.0 Å². The normalized spacial score (nSPS) is 26.1. The van der Waals surface area contributed by atoms with Gasteiger partial charge in [0.2, 0.25) is 0 Å². The Balaban J connectivity index is 2.09. The Hall–Kier alpha value is -0.610. The standard InChI is InChI=1S/C13H17F2NS/c1-13(3-2-4-17-13)12(16)7-9-5-10(14)8-11(15)6-9/h5-6,8,12H,2-4,7,16H2,1H3. The minimum absolute atomic E-state index is 0.0444. The van der Waals surface area contributed by atoms with Crippen LogP contribution in [0, 0.1) is 11.6 Å². The van der Waals surface area contributed by atoms with Gasteiger partial charge in [-0.15, -0.1) is 0 Å². The molecule has 1 nitrogen and oxygen atoms in total. The van der Waals surface area contributed by atoms with Gasteiger partial charge in [0.05, 0.1) is 0 Å². The quantitative estimate of drug-likeness (QED) is 0.900. The molecule has 0 amide bonds. The summed E-state index contributed by atoms with van der Waals surface area (Å²) in [5, 5.41) is 0. The van der Waals surface area contributed by atoms with Crippen LogP contribution in [-0.2, 0) is 6.42 Å². The summed E-state index contributed by atoms with van der Waals surface area (Å²) in [6.07, 6.45) is 2.78. The van der Waals surface area contributed by atoms with E-state index in [-0.39, 0.29) is 10.8 Å². The summed E-state index contributed by atoms with van der Waals surface area (Å²) in [7, 11) is 0. The maximum Gasteiger partial charge on any atom is 0.126 e. The minimum atomic E-state index is -0.531. The number of hydrogen-bond acceptors (Lipinski definition) is 2. The number of hydrogen-bond donors (Lipinski definition) is 1. The molecule has 2 N–H and O–H groups in total. The Morgan fingerprint density at radius 2 is 2.00 bits per heavy atom. The summed E-state index contributed by atoms with van der Waals surface area (Å²) in [6, 6.07) is 3.56. The molecule has 0 saturated carbocycles. The molecular formula is C13H17F2NS. The van der Waals surface area contributed by atoms with Gasteiger partial charge in [-0.05, 0) is 49.6 Å². The van der Waals surface area contributed by atoms with E-state index in [1.165, 1.54) is 18.6 Å². The largest absolute Gasteiger partial charge is 0.326 e. The SMILES string of the molecule is CC1(C(N)Cc2cc(F)cc(F)c2)CCCS1. The number of halogens is 2. The van der Waals surface area contributed by atoms with Crippen LogP contribution in [0.4, 0.5) is 8.78 Å². The van der Waals surface area contributed by atoms with Gasteiger partial charge in [-0.25, -0.2) is 8.78 Å². The van der Waals surface area contributed by atoms with Gasteiger partial charge in [-0.3, -0.25) is 0 Å². The van der Waals surface area contributed by atoms with Crippen LogP contribution >= 0.6 is 11.8 Å². The van der Waals surface area contributed by atoms with E-state index in [0.29, 0.717) is 12.0 Å². The van der Waals surface area contributed by atoms with Gasteiger partial charge in [-0.2, -0.15) is 11.8 Å². The van der Waals surface area contributed by atoms with Crippen molar-refractivity contribution >= 4 is 11.8 Å². The first-order valence-electron chi connectivity index (χ1n) is 5.84. The van der Waals surface area contributed by atoms with Crippen molar-refractivity contribution in [3.8, 4) is 0 Å². The molecule has 1 fully saturated rings. The van der Waals surface area contributed by atoms with Crippen LogP contribution in [0.1, 0.15) is 25.3 Å². The van der Waals surface area contributed by atoms with Gasteiger partial charge < -0.3 is 5.73 Å². The van der Waals surface area contributed by atoms with E-state index in [2.05, 4.69) is 6.92 Å². The van der Waals surface area contributed by atoms with Gasteiger partial charge in [0, 0.05) is 16.9 Å². The molecule has 1 aromatic carbocycles. The van der Waals surface area contributed by atoms with E-state index in [9.17, 15) is 8.78 Å². The van der Waals surface area contributed by atoms with Crippen LogP contribution in [-0.4, -0.2) is 16.5 Å². The van der Waals surface area contributed by atoms with Gasteiger partial charge in [0.15, 0.2) is 0 Å². The first-order chi connectivity index (χ1) is 7.99. The second-order valence-corrected chi connectivity index (χ2v) is 6.48. The minimum Gasteiger partial charge on any atom is -0.326 e. The lowest BCUT2D eigenvalue weighted by molar-refractivity contribution is 0.479. The fourth-order valence-electron chi connectivity index (χ4n) is 2.29. The van der Waals surface area contributed by atoms with E-state index in [1.54, 1.807) is 0 Å². The molecule has 2 atom stereocenters. The summed E-state index contributed by atoms with van der Waals surface area (Å²) in [6.45, 7) is 2.14. The fourth-order valence-corrected chi connectivity index (χ4v) is 3.63. The van der Waals surface area contributed by atoms with Crippen molar-refractivity contribution in [2.24, 2.45) is 5.73 Å². The van der Waals surface area contributed by atoms with E-state index >= 15 is 0 Å². The topological polar surface area (TPSA) is 26.0 Å². The molecule has 0 aromatic heterocycles. The van der Waals surface area contributed by atoms with Crippen molar-refractivity contribution in [3.63, 3.8) is 0 Å². The van der Waals surface area contributed by atoms with E-state index in [1.807, 2.05) is 11.8 Å². The lowest BCUT2D eigenvalue weighted by Gasteiger charge is -2.30. The lowest BCUT2D eigenvalue weighted by Crippen LogP contribution is -2.42. The van der Waals surface area contributed by atoms with E-state index in [4.69, 9.17) is 5.73 Å². The molecule has 17 heavy (non-hydrogen) atoms. The zero-order chi connectivity index (χ0) is 12.5. The molecule has 2 rings (SSSR count). The Kier molecular flexibility index (Phi) is 3.73. The Morgan fingerprint density at radius 3 is 2.53 bits per heavy atom. The molecule has 1 aromatic rings. The van der Waals surface area contributed by atoms with E-state index in [0.717, 1.165) is 18.2 Å². The molecule has 94 valence electrons. The lowest BCUT2D eigenvalue weighted by atomic mass is 9.91. The highest BCUT2D eigenvalue weighted by Gasteiger charge is 2.35. The smallest absolute Gasteiger partial charge is 0.126 e. The number of benzene rings is 1. The number of nitrogens with two attached hydrogens (primary N) is 1. The van der Waals surface area contributed by atoms with Crippen molar-refractivity contribution < 1.29 is 8.78 Å². The van der Waals surface area contributed by atoms with Gasteiger partial charge in [0.25, 0.3) is 0 Å². The van der Waals surface area contributed by atoms with Gasteiger partial charge in [0.1, 0.15) is 11.6 Å². The van der Waals surface area contributed by atoms with Crippen LogP contribution in [0.15, 0.2) is 18.2 Å². The van der Waals surface area contributed by atoms with Gasteiger partial charge in [-0.1, -0.05) is 0 Å². The molecule has 2 unspecified atom stereocenters. The number of rotatable bonds is 3. The molecule has 4 heteroatoms. The third-order valence-electron chi connectivity index (χ3n) is 3.41. The summed E-state index contributed by atoms with van der Waals surface area (Å²) in [5.74, 6) is 0.0645. The molecule has 0 radical (unpaired) electrons. The Bertz CT molecular complexity index is 382. The second-order valence-electron chi connectivity index (χ2n) is 4.85. The Morgan fingerprint density at radius 1 is 1.35 bits per heavy atom. The maximum atomic E-state index is 13.1. The van der Waals surface area contributed by atoms with Crippen LogP contribution in [0.5, 0.6) is 0 Å². The van der Waals surface area contributed by atoms with Crippen molar-refractivity contribution in [1.82, 2.24) is 0 Å². The highest BCUT2D eigenvalue weighted by atomic mass is 32.2. The highest BCUT2D eigenvalue weighted by molar-refractivity contribution is 8.00. The summed E-state index contributed by atoms with van der Waals surface area (Å²) < 4.78 is 26.2. The number of thioether (sulfide) groups is 1. The van der Waals surface area contributed by atoms with Crippen LogP contribution in [0.2, 0.25) is 0 Å². The molecule has 1 heterocycles. The fraction of sp³-hybridized carbons (Fsp3) is 0.538. The van der Waals surface area contributed by atoms with Crippen LogP contribution < -0.4 is 5.73 Å². The first kappa shape index (κ1) is 12.8. The Labute approximate surface area is 105 Å². The molecule has 1 saturated heterocycles. The maximum absolute atomic E-state index is 13.1. The van der Waals surface area contributed by atoms with Crippen molar-refractivity contribution in [1.29, 1.82) is 0 Å². The average molecular weight is 257 g/mol. The zero-order valence-corrected chi connectivity index (χ0v) is 10.7. The van der Waals surface area contributed by atoms with E-state index < -0.39 is 11.6 Å². The second kappa shape index (κ2) is 4.94. The van der Waals surface area contributed by atoms with Gasteiger partial charge >= 0.3 is 0 Å². The van der Waals surface area contributed by atoms with Crippen LogP contribution in [0.3, 0.4) is 0 Å². The third kappa shape index (κ3) is 2.99. The molecule has 1 aliphatic heterocycles. The molecule has 0 spiro atoms. The molecule has 0 bridgehead atoms. The predicted molar refractivity (Wildman–Crippen MR) is 68.1 cm³/mol. The third-order valence-corrected chi connectivity index (χ3v) is 5.07. The molecule has 0 aliphatic carbocycles. The van der Waals surface area contributed by atoms with Crippen molar-refractivity contribution in [2.75, 3.05) is 5.75 Å². The average Bonchev–Trinajstić information content (AvgIpc) is 2.64. The summed E-state index contributed by atoms with van der Waals surface area (Å²) in [4.78, 5) is 0. The predicted octanol–water partition coefficient (Wildman–Crippen LogP) is 3.12. The monoisotopic (exact) mass is 257 g/mol. The van der Waals surface area contributed by atoms with Crippen molar-refractivity contribution in [3.05, 3.63) is 35.4 Å². The summed E-state index contributed by atoms with van der Waals surface area (Å²) >= 11 is 1.87. The van der Waals surface area contributed by atoms with Crippen LogP contribution in [0.25, 0.3) is 0 Å². The highest BCUT2D eigenvalue weighted by Crippen LogP contribution is 2.40. The molecule has 1 aliphatic rings. The first-order valence-corrected chi connectivity index (χ1v) is 6.83. The molecular weight excluding hydrogens is 240 g/mol.